The summed E-state index contributed by atoms with van der Waals surface area (Å²) in [5, 5.41) is 3.00. The second kappa shape index (κ2) is 7.49. The molecule has 0 aliphatic rings. The molecule has 120 valence electrons. The average Bonchev–Trinajstić information content (AvgIpc) is 2.59. The fourth-order valence-corrected chi connectivity index (χ4v) is 2.16. The van der Waals surface area contributed by atoms with Gasteiger partial charge >= 0.3 is 0 Å². The van der Waals surface area contributed by atoms with Gasteiger partial charge in [0.15, 0.2) is 0 Å². The Balaban J connectivity index is 2.19. The quantitative estimate of drug-likeness (QED) is 0.919. The molecule has 2 heterocycles. The first-order valence-electron chi connectivity index (χ1n) is 7.44. The predicted molar refractivity (Wildman–Crippen MR) is 88.1 cm³/mol. The number of nitrogens with one attached hydrogen (secondary N) is 1. The highest BCUT2D eigenvalue weighted by Crippen LogP contribution is 2.21. The smallest absolute Gasteiger partial charge is 0.251 e. The molecule has 0 unspecified atom stereocenters. The van der Waals surface area contributed by atoms with Crippen LogP contribution in [0.3, 0.4) is 0 Å². The van der Waals surface area contributed by atoms with Crippen molar-refractivity contribution in [3.05, 3.63) is 54.0 Å². The molecule has 1 atom stereocenters. The van der Waals surface area contributed by atoms with Gasteiger partial charge in [0.05, 0.1) is 6.04 Å². The van der Waals surface area contributed by atoms with E-state index in [0.29, 0.717) is 11.4 Å². The molecule has 0 saturated heterocycles. The zero-order chi connectivity index (χ0) is 16.8. The van der Waals surface area contributed by atoms with Gasteiger partial charge in [-0.15, -0.1) is 0 Å². The maximum absolute atomic E-state index is 12.3. The second-order valence-electron chi connectivity index (χ2n) is 5.20. The Hall–Kier alpha value is -2.76. The average molecular weight is 312 g/mol. The minimum absolute atomic E-state index is 0.0940. The molecule has 0 fully saturated rings. The number of pyridine rings is 2. The lowest BCUT2D eigenvalue weighted by Gasteiger charge is -2.20. The monoisotopic (exact) mass is 312 g/mol. The zero-order valence-corrected chi connectivity index (χ0v) is 13.5. The highest BCUT2D eigenvalue weighted by atomic mass is 16.2. The lowest BCUT2D eigenvalue weighted by atomic mass is 10.0. The largest absolute Gasteiger partial charge is 0.345 e. The van der Waals surface area contributed by atoms with Crippen LogP contribution in [0.4, 0.5) is 5.82 Å². The molecule has 0 spiro atoms. The highest BCUT2D eigenvalue weighted by Gasteiger charge is 2.16. The van der Waals surface area contributed by atoms with Crippen molar-refractivity contribution in [1.82, 2.24) is 15.3 Å². The number of hydrogen-bond acceptors (Lipinski definition) is 4. The molecule has 1 N–H and O–H groups in total. The van der Waals surface area contributed by atoms with Gasteiger partial charge in [0.1, 0.15) is 5.82 Å². The van der Waals surface area contributed by atoms with Crippen LogP contribution < -0.4 is 10.2 Å². The van der Waals surface area contributed by atoms with Crippen LogP contribution in [0.15, 0.2) is 42.9 Å². The van der Waals surface area contributed by atoms with Gasteiger partial charge in [-0.2, -0.15) is 0 Å². The summed E-state index contributed by atoms with van der Waals surface area (Å²) in [7, 11) is 1.67. The van der Waals surface area contributed by atoms with Crippen LogP contribution in [0.5, 0.6) is 0 Å². The van der Waals surface area contributed by atoms with Crippen LogP contribution in [0, 0.1) is 0 Å². The van der Waals surface area contributed by atoms with Gasteiger partial charge in [-0.25, -0.2) is 4.98 Å². The predicted octanol–water partition coefficient (Wildman–Crippen LogP) is 2.34. The summed E-state index contributed by atoms with van der Waals surface area (Å²) in [6.45, 7) is 3.48. The van der Waals surface area contributed by atoms with E-state index >= 15 is 0 Å². The molecule has 0 bridgehead atoms. The molecule has 23 heavy (non-hydrogen) atoms. The van der Waals surface area contributed by atoms with Gasteiger partial charge in [0.2, 0.25) is 5.91 Å². The van der Waals surface area contributed by atoms with E-state index in [9.17, 15) is 9.59 Å². The summed E-state index contributed by atoms with van der Waals surface area (Å²) in [4.78, 5) is 33.3. The molecule has 0 aromatic carbocycles. The molecule has 0 saturated carbocycles. The zero-order valence-electron chi connectivity index (χ0n) is 13.5. The van der Waals surface area contributed by atoms with Crippen molar-refractivity contribution in [2.24, 2.45) is 0 Å². The molecule has 2 aromatic rings. The molecule has 6 nitrogen and oxygen atoms in total. The van der Waals surface area contributed by atoms with Crippen LogP contribution >= 0.6 is 0 Å². The van der Waals surface area contributed by atoms with Crippen molar-refractivity contribution >= 4 is 17.6 Å². The maximum Gasteiger partial charge on any atom is 0.251 e. The Morgan fingerprint density at radius 2 is 1.91 bits per heavy atom. The number of rotatable bonds is 5. The minimum atomic E-state index is -0.155. The summed E-state index contributed by atoms with van der Waals surface area (Å²) in [5.74, 6) is 0.313. The minimum Gasteiger partial charge on any atom is -0.345 e. The van der Waals surface area contributed by atoms with Crippen molar-refractivity contribution in [3.8, 4) is 0 Å². The normalized spacial score (nSPS) is 11.6. The Morgan fingerprint density at radius 3 is 2.52 bits per heavy atom. The first-order valence-corrected chi connectivity index (χ1v) is 7.44. The van der Waals surface area contributed by atoms with Crippen molar-refractivity contribution in [1.29, 1.82) is 0 Å². The molecule has 0 aliphatic carbocycles. The molecule has 2 rings (SSSR count). The van der Waals surface area contributed by atoms with Crippen molar-refractivity contribution in [2.45, 2.75) is 26.3 Å². The van der Waals surface area contributed by atoms with Gasteiger partial charge in [-0.3, -0.25) is 14.6 Å². The van der Waals surface area contributed by atoms with E-state index in [1.807, 2.05) is 19.1 Å². The summed E-state index contributed by atoms with van der Waals surface area (Å²) in [5.41, 5.74) is 1.47. The molecule has 0 aliphatic heterocycles. The first-order chi connectivity index (χ1) is 11.0. The fraction of sp³-hybridized carbons (Fsp3) is 0.294. The third kappa shape index (κ3) is 4.12. The SMILES string of the molecule is CC[C@H](NC(=O)c1ccncc1)c1ccnc(N(C)C(C)=O)c1. The highest BCUT2D eigenvalue weighted by molar-refractivity contribution is 5.94. The Labute approximate surface area is 135 Å². The van der Waals surface area contributed by atoms with Crippen LogP contribution in [0.1, 0.15) is 42.2 Å². The third-order valence-electron chi connectivity index (χ3n) is 3.64. The topological polar surface area (TPSA) is 75.2 Å². The molecule has 6 heteroatoms. The Kier molecular flexibility index (Phi) is 5.41. The van der Waals surface area contributed by atoms with Crippen LogP contribution in [0.25, 0.3) is 0 Å². The fourth-order valence-electron chi connectivity index (χ4n) is 2.16. The summed E-state index contributed by atoms with van der Waals surface area (Å²) in [6, 6.07) is 6.85. The number of carbonyl (C=O) groups excluding carboxylic acids is 2. The van der Waals surface area contributed by atoms with E-state index in [0.717, 1.165) is 12.0 Å². The molecular formula is C17H20N4O2. The first kappa shape index (κ1) is 16.6. The molecule has 0 radical (unpaired) electrons. The van der Waals surface area contributed by atoms with E-state index in [4.69, 9.17) is 0 Å². The number of carbonyl (C=O) groups is 2. The van der Waals surface area contributed by atoms with E-state index < -0.39 is 0 Å². The number of anilines is 1. The maximum atomic E-state index is 12.3. The number of nitrogens with zero attached hydrogens (tertiary/aromatic N) is 3. The van der Waals surface area contributed by atoms with Crippen LogP contribution in [-0.2, 0) is 4.79 Å². The van der Waals surface area contributed by atoms with E-state index in [1.165, 1.54) is 11.8 Å². The molecule has 2 aromatic heterocycles. The van der Waals surface area contributed by atoms with Gasteiger partial charge in [-0.1, -0.05) is 6.92 Å². The van der Waals surface area contributed by atoms with Crippen molar-refractivity contribution in [2.75, 3.05) is 11.9 Å². The van der Waals surface area contributed by atoms with E-state index in [-0.39, 0.29) is 17.9 Å². The Bertz CT molecular complexity index is 688. The molecular weight excluding hydrogens is 292 g/mol. The van der Waals surface area contributed by atoms with Gasteiger partial charge in [-0.05, 0) is 36.2 Å². The molecule has 2 amide bonds. The van der Waals surface area contributed by atoms with E-state index in [2.05, 4.69) is 15.3 Å². The second-order valence-corrected chi connectivity index (χ2v) is 5.20. The summed E-state index contributed by atoms with van der Waals surface area (Å²) < 4.78 is 0. The lowest BCUT2D eigenvalue weighted by Crippen LogP contribution is -2.29. The van der Waals surface area contributed by atoms with Gasteiger partial charge < -0.3 is 10.2 Å². The standard InChI is InChI=1S/C17H20N4O2/c1-4-15(20-17(23)13-5-8-18-9-6-13)14-7-10-19-16(11-14)21(3)12(2)22/h5-11,15H,4H2,1-3H3,(H,20,23)/t15-/m0/s1. The number of hydrogen-bond donors (Lipinski definition) is 1. The van der Waals surface area contributed by atoms with Crippen molar-refractivity contribution < 1.29 is 9.59 Å². The Morgan fingerprint density at radius 1 is 1.22 bits per heavy atom. The lowest BCUT2D eigenvalue weighted by molar-refractivity contribution is -0.116. The third-order valence-corrected chi connectivity index (χ3v) is 3.64. The van der Waals surface area contributed by atoms with Gasteiger partial charge in [0.25, 0.3) is 5.91 Å². The van der Waals surface area contributed by atoms with Gasteiger partial charge in [0, 0.05) is 38.1 Å². The number of amides is 2. The van der Waals surface area contributed by atoms with E-state index in [1.54, 1.807) is 37.8 Å². The number of aromatic nitrogens is 2. The van der Waals surface area contributed by atoms with Crippen molar-refractivity contribution in [3.63, 3.8) is 0 Å². The summed E-state index contributed by atoms with van der Waals surface area (Å²) in [6.07, 6.45) is 5.54. The summed E-state index contributed by atoms with van der Waals surface area (Å²) >= 11 is 0. The van der Waals surface area contributed by atoms with Crippen LogP contribution in [0.2, 0.25) is 0 Å². The van der Waals surface area contributed by atoms with Crippen LogP contribution in [-0.4, -0.2) is 28.8 Å².